The minimum atomic E-state index is -0.172. The summed E-state index contributed by atoms with van der Waals surface area (Å²) in [6, 6.07) is 8.49. The zero-order valence-electron chi connectivity index (χ0n) is 12.2. The molecule has 1 amide bonds. The van der Waals surface area contributed by atoms with E-state index in [0.717, 1.165) is 48.0 Å². The number of benzene rings is 1. The zero-order valence-corrected chi connectivity index (χ0v) is 12.2. The second-order valence-electron chi connectivity index (χ2n) is 5.77. The summed E-state index contributed by atoms with van der Waals surface area (Å²) in [4.78, 5) is 11.2. The van der Waals surface area contributed by atoms with Crippen molar-refractivity contribution in [2.45, 2.75) is 38.6 Å². The molecule has 21 heavy (non-hydrogen) atoms. The Morgan fingerprint density at radius 2 is 1.81 bits per heavy atom. The Hall–Kier alpha value is -2.17. The number of primary amides is 1. The summed E-state index contributed by atoms with van der Waals surface area (Å²) in [5.41, 5.74) is 6.31. The number of amides is 1. The smallest absolute Gasteiger partial charge is 0.220 e. The molecule has 1 aliphatic carbocycles. The molecule has 1 aromatic heterocycles. The molecular weight excluding hydrogens is 264 g/mol. The largest absolute Gasteiger partial charge is 0.369 e. The van der Waals surface area contributed by atoms with Crippen LogP contribution in [0.1, 0.15) is 31.4 Å². The van der Waals surface area contributed by atoms with Crippen molar-refractivity contribution in [3.05, 3.63) is 30.0 Å². The van der Waals surface area contributed by atoms with Gasteiger partial charge in [-0.2, -0.15) is 5.10 Å². The van der Waals surface area contributed by atoms with E-state index in [4.69, 9.17) is 5.73 Å². The number of rotatable bonds is 3. The third kappa shape index (κ3) is 2.82. The van der Waals surface area contributed by atoms with Gasteiger partial charge in [-0.25, -0.2) is 0 Å². The van der Waals surface area contributed by atoms with Crippen LogP contribution in [0.3, 0.4) is 0 Å². The molecule has 2 aromatic rings. The molecular formula is C16H20N4O. The highest BCUT2D eigenvalue weighted by Crippen LogP contribution is 2.28. The van der Waals surface area contributed by atoms with E-state index >= 15 is 0 Å². The van der Waals surface area contributed by atoms with Crippen molar-refractivity contribution < 1.29 is 4.79 Å². The number of hydrogen-bond donors (Lipinski definition) is 2. The summed E-state index contributed by atoms with van der Waals surface area (Å²) in [7, 11) is 0. The van der Waals surface area contributed by atoms with Crippen LogP contribution < -0.4 is 11.1 Å². The minimum Gasteiger partial charge on any atom is -0.369 e. The van der Waals surface area contributed by atoms with Gasteiger partial charge in [0.1, 0.15) is 0 Å². The van der Waals surface area contributed by atoms with Crippen molar-refractivity contribution in [3.63, 3.8) is 0 Å². The van der Waals surface area contributed by atoms with Gasteiger partial charge >= 0.3 is 0 Å². The topological polar surface area (TPSA) is 80.9 Å². The maximum Gasteiger partial charge on any atom is 0.220 e. The van der Waals surface area contributed by atoms with E-state index < -0.39 is 0 Å². The van der Waals surface area contributed by atoms with Crippen molar-refractivity contribution in [2.24, 2.45) is 11.7 Å². The third-order valence-electron chi connectivity index (χ3n) is 4.34. The molecule has 0 unspecified atom stereocenters. The Kier molecular flexibility index (Phi) is 3.73. The molecule has 0 spiro atoms. The SMILES string of the molecule is Cc1nnc(NC2CCC(C(N)=O)CC2)c2ccccc12. The summed E-state index contributed by atoms with van der Waals surface area (Å²) in [6.45, 7) is 1.97. The number of nitrogens with zero attached hydrogens (tertiary/aromatic N) is 2. The number of nitrogens with one attached hydrogen (secondary N) is 1. The molecule has 0 radical (unpaired) electrons. The van der Waals surface area contributed by atoms with Gasteiger partial charge in [-0.05, 0) is 32.6 Å². The predicted molar refractivity (Wildman–Crippen MR) is 82.8 cm³/mol. The highest BCUT2D eigenvalue weighted by Gasteiger charge is 2.25. The number of aryl methyl sites for hydroxylation is 1. The maximum absolute atomic E-state index is 11.2. The molecule has 3 N–H and O–H groups in total. The van der Waals surface area contributed by atoms with Crippen molar-refractivity contribution >= 4 is 22.5 Å². The van der Waals surface area contributed by atoms with Crippen LogP contribution >= 0.6 is 0 Å². The minimum absolute atomic E-state index is 0.0314. The van der Waals surface area contributed by atoms with Gasteiger partial charge in [0.2, 0.25) is 5.91 Å². The van der Waals surface area contributed by atoms with Gasteiger partial charge in [0, 0.05) is 22.7 Å². The molecule has 5 heteroatoms. The van der Waals surface area contributed by atoms with Gasteiger partial charge in [0.05, 0.1) is 5.69 Å². The van der Waals surface area contributed by atoms with Crippen LogP contribution in [0.5, 0.6) is 0 Å². The first-order valence-electron chi connectivity index (χ1n) is 7.43. The summed E-state index contributed by atoms with van der Waals surface area (Å²) in [5.74, 6) is 0.691. The first-order chi connectivity index (χ1) is 10.1. The normalized spacial score (nSPS) is 22.1. The van der Waals surface area contributed by atoms with Crippen molar-refractivity contribution in [1.29, 1.82) is 0 Å². The summed E-state index contributed by atoms with van der Waals surface area (Å²) >= 11 is 0. The van der Waals surface area contributed by atoms with Gasteiger partial charge in [-0.15, -0.1) is 5.10 Å². The van der Waals surface area contributed by atoms with E-state index in [1.54, 1.807) is 0 Å². The molecule has 5 nitrogen and oxygen atoms in total. The van der Waals surface area contributed by atoms with E-state index in [1.165, 1.54) is 0 Å². The van der Waals surface area contributed by atoms with Crippen molar-refractivity contribution in [2.75, 3.05) is 5.32 Å². The summed E-state index contributed by atoms with van der Waals surface area (Å²) in [5, 5.41) is 14.2. The Morgan fingerprint density at radius 3 is 2.48 bits per heavy atom. The second kappa shape index (κ2) is 5.68. The molecule has 110 valence electrons. The Bertz CT molecular complexity index is 662. The molecule has 0 aliphatic heterocycles. The van der Waals surface area contributed by atoms with E-state index in [-0.39, 0.29) is 11.8 Å². The second-order valence-corrected chi connectivity index (χ2v) is 5.77. The lowest BCUT2D eigenvalue weighted by Gasteiger charge is -2.27. The van der Waals surface area contributed by atoms with Crippen LogP contribution in [-0.2, 0) is 4.79 Å². The summed E-state index contributed by atoms with van der Waals surface area (Å²) < 4.78 is 0. The fourth-order valence-corrected chi connectivity index (χ4v) is 3.06. The molecule has 1 fully saturated rings. The number of aromatic nitrogens is 2. The highest BCUT2D eigenvalue weighted by molar-refractivity contribution is 5.92. The van der Waals surface area contributed by atoms with Crippen LogP contribution in [0.4, 0.5) is 5.82 Å². The lowest BCUT2D eigenvalue weighted by atomic mass is 9.85. The predicted octanol–water partition coefficient (Wildman–Crippen LogP) is 2.39. The van der Waals surface area contributed by atoms with Crippen molar-refractivity contribution in [3.8, 4) is 0 Å². The Morgan fingerprint density at radius 1 is 1.14 bits per heavy atom. The van der Waals surface area contributed by atoms with Crippen LogP contribution in [-0.4, -0.2) is 22.1 Å². The molecule has 1 aromatic carbocycles. The fraction of sp³-hybridized carbons (Fsp3) is 0.438. The van der Waals surface area contributed by atoms with E-state index in [2.05, 4.69) is 27.6 Å². The van der Waals surface area contributed by atoms with Crippen LogP contribution in [0.25, 0.3) is 10.8 Å². The quantitative estimate of drug-likeness (QED) is 0.906. The van der Waals surface area contributed by atoms with Gasteiger partial charge in [-0.1, -0.05) is 24.3 Å². The van der Waals surface area contributed by atoms with Gasteiger partial charge in [-0.3, -0.25) is 4.79 Å². The van der Waals surface area contributed by atoms with E-state index in [0.29, 0.717) is 6.04 Å². The van der Waals surface area contributed by atoms with Crippen molar-refractivity contribution in [1.82, 2.24) is 10.2 Å². The highest BCUT2D eigenvalue weighted by atomic mass is 16.1. The first-order valence-corrected chi connectivity index (χ1v) is 7.43. The van der Waals surface area contributed by atoms with E-state index in [1.807, 2.05) is 19.1 Å². The van der Waals surface area contributed by atoms with Crippen LogP contribution in [0.15, 0.2) is 24.3 Å². The molecule has 3 rings (SSSR count). The maximum atomic E-state index is 11.2. The lowest BCUT2D eigenvalue weighted by molar-refractivity contribution is -0.122. The first kappa shape index (κ1) is 13.8. The number of fused-ring (bicyclic) bond motifs is 1. The molecule has 1 heterocycles. The number of hydrogen-bond acceptors (Lipinski definition) is 4. The molecule has 0 atom stereocenters. The van der Waals surface area contributed by atoms with Gasteiger partial charge in [0.25, 0.3) is 0 Å². The number of carbonyl (C=O) groups excluding carboxylic acids is 1. The Balaban J connectivity index is 1.77. The number of anilines is 1. The monoisotopic (exact) mass is 284 g/mol. The molecule has 1 saturated carbocycles. The Labute approximate surface area is 123 Å². The van der Waals surface area contributed by atoms with Gasteiger partial charge in [0.15, 0.2) is 5.82 Å². The van der Waals surface area contributed by atoms with E-state index in [9.17, 15) is 4.79 Å². The standard InChI is InChI=1S/C16H20N4O/c1-10-13-4-2-3-5-14(13)16(20-19-10)18-12-8-6-11(7-9-12)15(17)21/h2-5,11-12H,6-9H2,1H3,(H2,17,21)(H,18,20). The average molecular weight is 284 g/mol. The molecule has 1 aliphatic rings. The zero-order chi connectivity index (χ0) is 14.8. The lowest BCUT2D eigenvalue weighted by Crippen LogP contribution is -2.32. The van der Waals surface area contributed by atoms with Crippen LogP contribution in [0.2, 0.25) is 0 Å². The van der Waals surface area contributed by atoms with Gasteiger partial charge < -0.3 is 11.1 Å². The number of nitrogens with two attached hydrogens (primary N) is 1. The summed E-state index contributed by atoms with van der Waals surface area (Å²) in [6.07, 6.45) is 3.59. The average Bonchev–Trinajstić information content (AvgIpc) is 2.51. The number of carbonyl (C=O) groups is 1. The fourth-order valence-electron chi connectivity index (χ4n) is 3.06. The van der Waals surface area contributed by atoms with Crippen LogP contribution in [0, 0.1) is 12.8 Å². The third-order valence-corrected chi connectivity index (χ3v) is 4.34. The molecule has 0 saturated heterocycles. The molecule has 0 bridgehead atoms.